The summed E-state index contributed by atoms with van der Waals surface area (Å²) in [5.41, 5.74) is 0.939. The van der Waals surface area contributed by atoms with Crippen LogP contribution < -0.4 is 4.78 Å². The Kier molecular flexibility index (Phi) is 6.76. The van der Waals surface area contributed by atoms with Crippen LogP contribution >= 0.6 is 11.3 Å². The lowest BCUT2D eigenvalue weighted by Crippen LogP contribution is -2.41. The minimum absolute atomic E-state index is 0.201. The van der Waals surface area contributed by atoms with Gasteiger partial charge >= 0.3 is 7.12 Å². The van der Waals surface area contributed by atoms with Crippen molar-refractivity contribution >= 4 is 23.2 Å². The van der Waals surface area contributed by atoms with E-state index in [1.54, 1.807) is 11.3 Å². The van der Waals surface area contributed by atoms with Crippen molar-refractivity contribution in [1.29, 1.82) is 0 Å². The molecule has 0 N–H and O–H groups in total. The van der Waals surface area contributed by atoms with Crippen LogP contribution in [0.2, 0.25) is 0 Å². The molecule has 2 heterocycles. The second-order valence-electron chi connectivity index (χ2n) is 7.82. The van der Waals surface area contributed by atoms with E-state index in [9.17, 15) is 0 Å². The van der Waals surface area contributed by atoms with Gasteiger partial charge in [0.15, 0.2) is 0 Å². The van der Waals surface area contributed by atoms with Crippen molar-refractivity contribution in [2.24, 2.45) is 0 Å². The molecule has 0 spiro atoms. The van der Waals surface area contributed by atoms with Gasteiger partial charge in [-0.2, -0.15) is 11.3 Å². The van der Waals surface area contributed by atoms with Crippen LogP contribution in [0.5, 0.6) is 0 Å². The molecule has 23 heavy (non-hydrogen) atoms. The van der Waals surface area contributed by atoms with Crippen LogP contribution in [0.3, 0.4) is 0 Å². The monoisotopic (exact) mass is 336 g/mol. The predicted octanol–water partition coefficient (Wildman–Crippen LogP) is 5.34. The van der Waals surface area contributed by atoms with Crippen molar-refractivity contribution in [3.63, 3.8) is 0 Å². The zero-order chi connectivity index (χ0) is 16.9. The second-order valence-corrected chi connectivity index (χ2v) is 8.76. The van der Waals surface area contributed by atoms with Crippen molar-refractivity contribution in [3.05, 3.63) is 17.0 Å². The number of hydrogen-bond donors (Lipinski definition) is 0. The van der Waals surface area contributed by atoms with E-state index in [0.717, 1.165) is 0 Å². The maximum Gasteiger partial charge on any atom is 0.505 e. The van der Waals surface area contributed by atoms with Gasteiger partial charge in [0.2, 0.25) is 0 Å². The Bertz CT molecular complexity index is 465. The molecule has 0 unspecified atom stereocenters. The van der Waals surface area contributed by atoms with Gasteiger partial charge in [0.1, 0.15) is 0 Å². The highest BCUT2D eigenvalue weighted by atomic mass is 32.1. The number of rotatable bonds is 9. The summed E-state index contributed by atoms with van der Waals surface area (Å²) in [6, 6.07) is 2.28. The largest absolute Gasteiger partial charge is 0.505 e. The molecule has 1 aliphatic rings. The number of thiophene rings is 1. The Labute approximate surface area is 147 Å². The van der Waals surface area contributed by atoms with Gasteiger partial charge in [-0.05, 0) is 57.5 Å². The average Bonchev–Trinajstić information content (AvgIpc) is 3.01. The van der Waals surface area contributed by atoms with Gasteiger partial charge < -0.3 is 9.31 Å². The first-order valence-electron chi connectivity index (χ1n) is 9.28. The smallest absolute Gasteiger partial charge is 0.399 e. The van der Waals surface area contributed by atoms with Gasteiger partial charge in [-0.25, -0.2) is 0 Å². The molecule has 0 saturated carbocycles. The minimum atomic E-state index is -0.250. The van der Waals surface area contributed by atoms with Crippen LogP contribution in [-0.2, 0) is 15.7 Å². The lowest BCUT2D eigenvalue weighted by Gasteiger charge is -2.32. The van der Waals surface area contributed by atoms with Crippen molar-refractivity contribution in [2.75, 3.05) is 0 Å². The molecular formula is C19H33BO2S. The molecule has 0 aromatic carbocycles. The summed E-state index contributed by atoms with van der Waals surface area (Å²) in [7, 11) is -0.201. The Balaban J connectivity index is 1.74. The van der Waals surface area contributed by atoms with Crippen LogP contribution in [0.25, 0.3) is 0 Å². The van der Waals surface area contributed by atoms with Crippen molar-refractivity contribution in [2.45, 2.75) is 97.2 Å². The second kappa shape index (κ2) is 8.18. The molecule has 0 amide bonds. The molecule has 1 aliphatic heterocycles. The Morgan fingerprint density at radius 2 is 1.48 bits per heavy atom. The summed E-state index contributed by atoms with van der Waals surface area (Å²) in [6.07, 6.45) is 10.7. The maximum atomic E-state index is 6.13. The predicted molar refractivity (Wildman–Crippen MR) is 102 cm³/mol. The highest BCUT2D eigenvalue weighted by molar-refractivity contribution is 7.20. The Morgan fingerprint density at radius 3 is 2.09 bits per heavy atom. The molecule has 130 valence electrons. The van der Waals surface area contributed by atoms with E-state index in [1.807, 2.05) is 0 Å². The third-order valence-electron chi connectivity index (χ3n) is 5.23. The zero-order valence-corrected chi connectivity index (χ0v) is 16.4. The van der Waals surface area contributed by atoms with Gasteiger partial charge in [0, 0.05) is 4.78 Å². The topological polar surface area (TPSA) is 18.5 Å². The summed E-state index contributed by atoms with van der Waals surface area (Å²) >= 11 is 1.77. The molecule has 2 nitrogen and oxygen atoms in total. The molecule has 2 rings (SSSR count). The first kappa shape index (κ1) is 19.0. The van der Waals surface area contributed by atoms with Crippen molar-refractivity contribution in [3.8, 4) is 0 Å². The molecular weight excluding hydrogens is 303 g/mol. The fourth-order valence-electron chi connectivity index (χ4n) is 2.89. The lowest BCUT2D eigenvalue weighted by molar-refractivity contribution is 0.00578. The van der Waals surface area contributed by atoms with Gasteiger partial charge in [-0.3, -0.25) is 0 Å². The summed E-state index contributed by atoms with van der Waals surface area (Å²) in [5.74, 6) is 0. The fourth-order valence-corrected chi connectivity index (χ4v) is 3.79. The summed E-state index contributed by atoms with van der Waals surface area (Å²) in [4.78, 5) is 0. The van der Waals surface area contributed by atoms with E-state index >= 15 is 0 Å². The van der Waals surface area contributed by atoms with Gasteiger partial charge in [0.25, 0.3) is 0 Å². The molecule has 1 fully saturated rings. The number of aryl methyl sites for hydroxylation is 1. The molecule has 1 saturated heterocycles. The first-order valence-corrected chi connectivity index (χ1v) is 10.2. The SMILES string of the molecule is CCCCCCCCCc1csc(B2OC(C)(C)C(C)(C)O2)c1. The standard InChI is InChI=1S/C19H33BO2S/c1-6-7-8-9-10-11-12-13-16-14-17(23-15-16)20-21-18(2,3)19(4,5)22-20/h14-15H,6-13H2,1-5H3. The quantitative estimate of drug-likeness (QED) is 0.448. The van der Waals surface area contributed by atoms with E-state index in [1.165, 1.54) is 61.7 Å². The van der Waals surface area contributed by atoms with E-state index in [-0.39, 0.29) is 18.3 Å². The van der Waals surface area contributed by atoms with Crippen LogP contribution in [-0.4, -0.2) is 18.3 Å². The Hall–Kier alpha value is -0.315. The van der Waals surface area contributed by atoms with E-state index < -0.39 is 0 Å². The average molecular weight is 336 g/mol. The van der Waals surface area contributed by atoms with Gasteiger partial charge in [0.05, 0.1) is 11.2 Å². The molecule has 0 atom stereocenters. The molecule has 0 bridgehead atoms. The summed E-state index contributed by atoms with van der Waals surface area (Å²) in [6.45, 7) is 10.7. The zero-order valence-electron chi connectivity index (χ0n) is 15.6. The lowest BCUT2D eigenvalue weighted by atomic mass is 9.87. The molecule has 1 aromatic heterocycles. The highest BCUT2D eigenvalue weighted by Crippen LogP contribution is 2.36. The van der Waals surface area contributed by atoms with Crippen LogP contribution in [0.15, 0.2) is 11.4 Å². The summed E-state index contributed by atoms with van der Waals surface area (Å²) in [5, 5.41) is 2.28. The minimum Gasteiger partial charge on any atom is -0.399 e. The normalized spacial score (nSPS) is 19.4. The third-order valence-corrected chi connectivity index (χ3v) is 6.23. The molecule has 0 aliphatic carbocycles. The molecule has 1 aromatic rings. The summed E-state index contributed by atoms with van der Waals surface area (Å²) < 4.78 is 13.5. The maximum absolute atomic E-state index is 6.13. The molecule has 0 radical (unpaired) electrons. The van der Waals surface area contributed by atoms with E-state index in [4.69, 9.17) is 9.31 Å². The van der Waals surface area contributed by atoms with Crippen LogP contribution in [0.1, 0.15) is 85.1 Å². The van der Waals surface area contributed by atoms with E-state index in [2.05, 4.69) is 46.1 Å². The molecule has 4 heteroatoms. The fraction of sp³-hybridized carbons (Fsp3) is 0.789. The van der Waals surface area contributed by atoms with Crippen LogP contribution in [0.4, 0.5) is 0 Å². The van der Waals surface area contributed by atoms with E-state index in [0.29, 0.717) is 0 Å². The highest BCUT2D eigenvalue weighted by Gasteiger charge is 2.52. The van der Waals surface area contributed by atoms with Gasteiger partial charge in [-0.15, -0.1) is 0 Å². The van der Waals surface area contributed by atoms with Crippen molar-refractivity contribution < 1.29 is 9.31 Å². The first-order chi connectivity index (χ1) is 10.9. The van der Waals surface area contributed by atoms with Gasteiger partial charge in [-0.1, -0.05) is 45.4 Å². The number of unbranched alkanes of at least 4 members (excludes halogenated alkanes) is 6. The number of hydrogen-bond acceptors (Lipinski definition) is 3. The van der Waals surface area contributed by atoms with Crippen molar-refractivity contribution in [1.82, 2.24) is 0 Å². The van der Waals surface area contributed by atoms with Crippen LogP contribution in [0, 0.1) is 0 Å². The Morgan fingerprint density at radius 1 is 0.913 bits per heavy atom. The third kappa shape index (κ3) is 5.08.